The van der Waals surface area contributed by atoms with Crippen LogP contribution in [-0.2, 0) is 26.0 Å². The second kappa shape index (κ2) is 8.20. The molecule has 3 aliphatic heterocycles. The van der Waals surface area contributed by atoms with Gasteiger partial charge in [0.1, 0.15) is 0 Å². The third kappa shape index (κ3) is 4.00. The second-order valence-corrected chi connectivity index (χ2v) is 11.3. The van der Waals surface area contributed by atoms with Gasteiger partial charge in [0, 0.05) is 44.3 Å². The average molecular weight is 446 g/mol. The van der Waals surface area contributed by atoms with Crippen LogP contribution < -0.4 is 4.90 Å². The molecule has 1 aromatic rings. The number of carbonyl (C=O) groups is 2. The second-order valence-electron chi connectivity index (χ2n) is 9.39. The maximum absolute atomic E-state index is 13.4. The highest BCUT2D eigenvalue weighted by Gasteiger charge is 2.38. The molecule has 0 spiro atoms. The first-order valence-electron chi connectivity index (χ1n) is 11.7. The third-order valence-electron chi connectivity index (χ3n) is 7.15. The van der Waals surface area contributed by atoms with Crippen molar-refractivity contribution in [1.29, 1.82) is 0 Å². The van der Waals surface area contributed by atoms with Crippen LogP contribution in [0.4, 0.5) is 5.69 Å². The minimum atomic E-state index is -3.46. The van der Waals surface area contributed by atoms with E-state index < -0.39 is 10.0 Å². The zero-order chi connectivity index (χ0) is 21.6. The number of amides is 2. The van der Waals surface area contributed by atoms with E-state index >= 15 is 0 Å². The number of nitrogens with zero attached hydrogens (tertiary/aromatic N) is 3. The van der Waals surface area contributed by atoms with Gasteiger partial charge in [-0.05, 0) is 75.1 Å². The topological polar surface area (TPSA) is 78.0 Å². The Kier molecular flexibility index (Phi) is 5.54. The first-order chi connectivity index (χ1) is 14.9. The van der Waals surface area contributed by atoms with Crippen molar-refractivity contribution in [2.45, 2.75) is 56.3 Å². The van der Waals surface area contributed by atoms with Crippen molar-refractivity contribution in [3.05, 3.63) is 23.8 Å². The first kappa shape index (κ1) is 20.9. The molecule has 168 valence electrons. The lowest BCUT2D eigenvalue weighted by molar-refractivity contribution is -0.136. The molecule has 1 aromatic carbocycles. The van der Waals surface area contributed by atoms with Gasteiger partial charge in [-0.1, -0.05) is 0 Å². The van der Waals surface area contributed by atoms with Gasteiger partial charge in [-0.2, -0.15) is 4.31 Å². The summed E-state index contributed by atoms with van der Waals surface area (Å²) in [4.78, 5) is 30.0. The molecule has 2 amide bonds. The lowest BCUT2D eigenvalue weighted by Gasteiger charge is -2.37. The van der Waals surface area contributed by atoms with E-state index in [-0.39, 0.29) is 23.7 Å². The number of carbonyl (C=O) groups excluding carboxylic acids is 2. The van der Waals surface area contributed by atoms with Crippen LogP contribution in [0.15, 0.2) is 23.1 Å². The monoisotopic (exact) mass is 445 g/mol. The fourth-order valence-corrected chi connectivity index (χ4v) is 6.80. The maximum Gasteiger partial charge on any atom is 0.243 e. The highest BCUT2D eigenvalue weighted by Crippen LogP contribution is 2.35. The van der Waals surface area contributed by atoms with Crippen LogP contribution >= 0.6 is 0 Å². The summed E-state index contributed by atoms with van der Waals surface area (Å²) in [5.41, 5.74) is 1.77. The quantitative estimate of drug-likeness (QED) is 0.713. The van der Waals surface area contributed by atoms with Crippen LogP contribution in [0, 0.1) is 11.8 Å². The highest BCUT2D eigenvalue weighted by molar-refractivity contribution is 7.89. The molecule has 1 atom stereocenters. The van der Waals surface area contributed by atoms with Crippen molar-refractivity contribution in [2.24, 2.45) is 11.8 Å². The van der Waals surface area contributed by atoms with Crippen LogP contribution in [0.1, 0.15) is 50.5 Å². The zero-order valence-corrected chi connectivity index (χ0v) is 18.8. The number of benzene rings is 1. The molecule has 7 nitrogen and oxygen atoms in total. The molecule has 0 aromatic heterocycles. The van der Waals surface area contributed by atoms with Crippen molar-refractivity contribution in [3.63, 3.8) is 0 Å². The number of likely N-dealkylation sites (tertiary alicyclic amines) is 1. The Morgan fingerprint density at radius 3 is 2.35 bits per heavy atom. The van der Waals surface area contributed by atoms with Gasteiger partial charge in [-0.3, -0.25) is 9.59 Å². The lowest BCUT2D eigenvalue weighted by Crippen LogP contribution is -2.48. The van der Waals surface area contributed by atoms with Crippen molar-refractivity contribution >= 4 is 27.5 Å². The summed E-state index contributed by atoms with van der Waals surface area (Å²) in [5.74, 6) is 0.300. The Bertz CT molecular complexity index is 983. The molecule has 1 aliphatic carbocycles. The number of rotatable bonds is 4. The summed E-state index contributed by atoms with van der Waals surface area (Å²) in [7, 11) is -3.46. The van der Waals surface area contributed by atoms with E-state index in [1.54, 1.807) is 16.4 Å². The molecule has 8 heteroatoms. The summed E-state index contributed by atoms with van der Waals surface area (Å²) in [5, 5.41) is 0. The molecule has 1 saturated carbocycles. The predicted molar refractivity (Wildman–Crippen MR) is 117 cm³/mol. The number of anilines is 1. The largest absolute Gasteiger partial charge is 0.342 e. The van der Waals surface area contributed by atoms with Crippen LogP contribution in [-0.4, -0.2) is 62.2 Å². The first-order valence-corrected chi connectivity index (χ1v) is 13.1. The summed E-state index contributed by atoms with van der Waals surface area (Å²) in [6.07, 6.45) is 7.06. The van der Waals surface area contributed by atoms with E-state index in [4.69, 9.17) is 0 Å². The Labute approximate surface area is 184 Å². The molecule has 4 aliphatic rings. The standard InChI is InChI=1S/C23H31N3O4S/c27-22(17-7-8-17)24-11-3-6-19(16-24)23(28)26-14-4-5-18-15-20(9-10-21(18)26)31(29,30)25-12-1-2-13-25/h9-10,15,17,19H,1-8,11-14,16H2. The summed E-state index contributed by atoms with van der Waals surface area (Å²) >= 11 is 0. The zero-order valence-electron chi connectivity index (χ0n) is 18.0. The van der Waals surface area contributed by atoms with E-state index in [1.165, 1.54) is 0 Å². The number of hydrogen-bond acceptors (Lipinski definition) is 4. The molecule has 3 heterocycles. The molecule has 2 saturated heterocycles. The van der Waals surface area contributed by atoms with Crippen molar-refractivity contribution in [1.82, 2.24) is 9.21 Å². The van der Waals surface area contributed by atoms with Gasteiger partial charge >= 0.3 is 0 Å². The van der Waals surface area contributed by atoms with Crippen LogP contribution in [0.3, 0.4) is 0 Å². The number of fused-ring (bicyclic) bond motifs is 1. The van der Waals surface area contributed by atoms with Crippen molar-refractivity contribution in [3.8, 4) is 0 Å². The molecule has 31 heavy (non-hydrogen) atoms. The lowest BCUT2D eigenvalue weighted by atomic mass is 9.93. The van der Waals surface area contributed by atoms with Gasteiger partial charge in [-0.25, -0.2) is 8.42 Å². The SMILES string of the molecule is O=C(C1CC1)N1CCCC(C(=O)N2CCCc3cc(S(=O)(=O)N4CCCC4)ccc32)C1. The smallest absolute Gasteiger partial charge is 0.243 e. The van der Waals surface area contributed by atoms with Gasteiger partial charge in [-0.15, -0.1) is 0 Å². The Morgan fingerprint density at radius 1 is 0.839 bits per heavy atom. The van der Waals surface area contributed by atoms with Crippen LogP contribution in [0.5, 0.6) is 0 Å². The minimum absolute atomic E-state index is 0.0735. The molecular formula is C23H31N3O4S. The van der Waals surface area contributed by atoms with Gasteiger partial charge in [0.25, 0.3) is 0 Å². The summed E-state index contributed by atoms with van der Waals surface area (Å²) in [6.45, 7) is 3.09. The highest BCUT2D eigenvalue weighted by atomic mass is 32.2. The average Bonchev–Trinajstić information content (AvgIpc) is 3.49. The summed E-state index contributed by atoms with van der Waals surface area (Å²) < 4.78 is 27.5. The van der Waals surface area contributed by atoms with Crippen molar-refractivity contribution in [2.75, 3.05) is 37.6 Å². The molecule has 5 rings (SSSR count). The van der Waals surface area contributed by atoms with E-state index in [2.05, 4.69) is 0 Å². The van der Waals surface area contributed by atoms with E-state index in [1.807, 2.05) is 15.9 Å². The molecular weight excluding hydrogens is 414 g/mol. The van der Waals surface area contributed by atoms with Crippen LogP contribution in [0.2, 0.25) is 0 Å². The van der Waals surface area contributed by atoms with E-state index in [9.17, 15) is 18.0 Å². The molecule has 0 N–H and O–H groups in total. The Morgan fingerprint density at radius 2 is 1.61 bits per heavy atom. The maximum atomic E-state index is 13.4. The summed E-state index contributed by atoms with van der Waals surface area (Å²) in [6, 6.07) is 5.24. The Balaban J connectivity index is 1.35. The van der Waals surface area contributed by atoms with Crippen molar-refractivity contribution < 1.29 is 18.0 Å². The molecule has 3 fully saturated rings. The van der Waals surface area contributed by atoms with Gasteiger partial charge in [0.15, 0.2) is 0 Å². The van der Waals surface area contributed by atoms with E-state index in [0.29, 0.717) is 31.1 Å². The number of hydrogen-bond donors (Lipinski definition) is 0. The Hall–Kier alpha value is -1.93. The minimum Gasteiger partial charge on any atom is -0.342 e. The number of aryl methyl sites for hydroxylation is 1. The number of sulfonamides is 1. The molecule has 1 unspecified atom stereocenters. The predicted octanol–water partition coefficient (Wildman–Crippen LogP) is 2.40. The fourth-order valence-electron chi connectivity index (χ4n) is 5.23. The molecule has 0 radical (unpaired) electrons. The van der Waals surface area contributed by atoms with Gasteiger partial charge in [0.2, 0.25) is 21.8 Å². The molecule has 0 bridgehead atoms. The third-order valence-corrected chi connectivity index (χ3v) is 9.04. The van der Waals surface area contributed by atoms with E-state index in [0.717, 1.165) is 69.2 Å². The fraction of sp³-hybridized carbons (Fsp3) is 0.652. The number of piperidine rings is 1. The van der Waals surface area contributed by atoms with Crippen LogP contribution in [0.25, 0.3) is 0 Å². The van der Waals surface area contributed by atoms with Gasteiger partial charge in [0.05, 0.1) is 10.8 Å². The normalized spacial score (nSPS) is 24.8. The van der Waals surface area contributed by atoms with Gasteiger partial charge < -0.3 is 9.80 Å².